The molecule has 2 aromatic heterocycles. The Labute approximate surface area is 118 Å². The Balaban J connectivity index is 2.14. The zero-order chi connectivity index (χ0) is 13.0. The minimum atomic E-state index is -0.298. The highest BCUT2D eigenvalue weighted by atomic mass is 79.9. The molecule has 1 unspecified atom stereocenters. The first kappa shape index (κ1) is 13.6. The van der Waals surface area contributed by atoms with Crippen molar-refractivity contribution < 1.29 is 4.39 Å². The Morgan fingerprint density at radius 2 is 2.22 bits per heavy atom. The van der Waals surface area contributed by atoms with Crippen LogP contribution in [0.25, 0.3) is 0 Å². The van der Waals surface area contributed by atoms with Crippen LogP contribution in [0.3, 0.4) is 0 Å². The maximum atomic E-state index is 12.9. The third-order valence-corrected chi connectivity index (χ3v) is 4.24. The number of thiophene rings is 1. The summed E-state index contributed by atoms with van der Waals surface area (Å²) in [7, 11) is 0. The number of likely N-dealkylation sites (N-methyl/N-ethyl adjacent to an activating group) is 1. The summed E-state index contributed by atoms with van der Waals surface area (Å²) in [6, 6.07) is 7.47. The second kappa shape index (κ2) is 6.41. The average Bonchev–Trinajstić information content (AvgIpc) is 2.75. The number of nitrogens with zero attached hydrogens (tertiary/aromatic N) is 1. The summed E-state index contributed by atoms with van der Waals surface area (Å²) in [4.78, 5) is 5.43. The number of pyridine rings is 1. The molecule has 0 radical (unpaired) electrons. The van der Waals surface area contributed by atoms with E-state index in [0.717, 1.165) is 22.4 Å². The van der Waals surface area contributed by atoms with Crippen molar-refractivity contribution in [3.8, 4) is 0 Å². The maximum Gasteiger partial charge on any atom is 0.141 e. The number of rotatable bonds is 5. The van der Waals surface area contributed by atoms with E-state index in [9.17, 15) is 4.39 Å². The van der Waals surface area contributed by atoms with Crippen LogP contribution in [0.4, 0.5) is 4.39 Å². The van der Waals surface area contributed by atoms with E-state index < -0.39 is 0 Å². The third kappa shape index (κ3) is 3.60. The van der Waals surface area contributed by atoms with Crippen LogP contribution in [0.2, 0.25) is 0 Å². The van der Waals surface area contributed by atoms with Gasteiger partial charge in [-0.3, -0.25) is 4.98 Å². The Bertz CT molecular complexity index is 498. The number of nitrogens with one attached hydrogen (secondary N) is 1. The molecule has 2 heterocycles. The van der Waals surface area contributed by atoms with Crippen molar-refractivity contribution in [1.82, 2.24) is 10.3 Å². The highest BCUT2D eigenvalue weighted by molar-refractivity contribution is 9.11. The zero-order valence-electron chi connectivity index (χ0n) is 9.99. The van der Waals surface area contributed by atoms with E-state index in [1.54, 1.807) is 17.4 Å². The summed E-state index contributed by atoms with van der Waals surface area (Å²) in [6.07, 6.45) is 2.13. The molecule has 2 aromatic rings. The van der Waals surface area contributed by atoms with Crippen LogP contribution in [0.15, 0.2) is 34.2 Å². The summed E-state index contributed by atoms with van der Waals surface area (Å²) in [5.41, 5.74) is 0.878. The zero-order valence-corrected chi connectivity index (χ0v) is 12.4. The van der Waals surface area contributed by atoms with Crippen LogP contribution >= 0.6 is 27.3 Å². The van der Waals surface area contributed by atoms with Crippen LogP contribution in [0.5, 0.6) is 0 Å². The van der Waals surface area contributed by atoms with Crippen molar-refractivity contribution in [2.75, 3.05) is 6.54 Å². The normalized spacial score (nSPS) is 12.6. The number of hydrogen-bond acceptors (Lipinski definition) is 3. The highest BCUT2D eigenvalue weighted by Crippen LogP contribution is 2.26. The summed E-state index contributed by atoms with van der Waals surface area (Å²) in [5.74, 6) is -0.298. The fourth-order valence-electron chi connectivity index (χ4n) is 1.78. The van der Waals surface area contributed by atoms with Crippen LogP contribution in [-0.2, 0) is 6.42 Å². The van der Waals surface area contributed by atoms with E-state index in [-0.39, 0.29) is 11.9 Å². The highest BCUT2D eigenvalue weighted by Gasteiger charge is 2.13. The van der Waals surface area contributed by atoms with Gasteiger partial charge in [-0.05, 0) is 46.7 Å². The lowest BCUT2D eigenvalue weighted by molar-refractivity contribution is 0.535. The van der Waals surface area contributed by atoms with E-state index in [4.69, 9.17) is 0 Å². The lowest BCUT2D eigenvalue weighted by atomic mass is 10.1. The Hall–Kier alpha value is -0.780. The largest absolute Gasteiger partial charge is 0.309 e. The van der Waals surface area contributed by atoms with E-state index in [1.165, 1.54) is 17.1 Å². The molecule has 0 bridgehead atoms. The molecule has 2 nitrogen and oxygen atoms in total. The predicted octanol–water partition coefficient (Wildman–Crippen LogP) is 3.94. The molecule has 2 rings (SSSR count). The van der Waals surface area contributed by atoms with E-state index in [2.05, 4.69) is 39.2 Å². The molecule has 1 N–H and O–H groups in total. The van der Waals surface area contributed by atoms with E-state index in [0.29, 0.717) is 0 Å². The van der Waals surface area contributed by atoms with Gasteiger partial charge < -0.3 is 5.32 Å². The molecular formula is C13H14BrFN2S. The van der Waals surface area contributed by atoms with E-state index >= 15 is 0 Å². The van der Waals surface area contributed by atoms with Crippen LogP contribution in [0, 0.1) is 5.82 Å². The lowest BCUT2D eigenvalue weighted by Gasteiger charge is -2.16. The Morgan fingerprint density at radius 1 is 1.39 bits per heavy atom. The minimum absolute atomic E-state index is 0.126. The van der Waals surface area contributed by atoms with Gasteiger partial charge in [-0.15, -0.1) is 11.3 Å². The van der Waals surface area contributed by atoms with Gasteiger partial charge in [0.05, 0.1) is 21.7 Å². The fraction of sp³-hybridized carbons (Fsp3) is 0.308. The van der Waals surface area contributed by atoms with Crippen molar-refractivity contribution in [3.05, 3.63) is 50.6 Å². The second-order valence-electron chi connectivity index (χ2n) is 3.92. The molecule has 0 aliphatic rings. The Morgan fingerprint density at radius 3 is 2.78 bits per heavy atom. The average molecular weight is 329 g/mol. The smallest absolute Gasteiger partial charge is 0.141 e. The first-order valence-electron chi connectivity index (χ1n) is 5.78. The van der Waals surface area contributed by atoms with Crippen molar-refractivity contribution in [2.24, 2.45) is 0 Å². The molecule has 96 valence electrons. The van der Waals surface area contributed by atoms with Crippen molar-refractivity contribution in [1.29, 1.82) is 0 Å². The second-order valence-corrected chi connectivity index (χ2v) is 6.47. The van der Waals surface area contributed by atoms with Gasteiger partial charge in [0, 0.05) is 11.3 Å². The molecule has 0 aliphatic carbocycles. The van der Waals surface area contributed by atoms with Crippen LogP contribution in [0.1, 0.15) is 23.5 Å². The molecule has 0 aliphatic heterocycles. The van der Waals surface area contributed by atoms with Gasteiger partial charge in [0.2, 0.25) is 0 Å². The molecule has 0 aromatic carbocycles. The van der Waals surface area contributed by atoms with Gasteiger partial charge in [0.25, 0.3) is 0 Å². The molecule has 0 fully saturated rings. The summed E-state index contributed by atoms with van der Waals surface area (Å²) in [5, 5.41) is 3.38. The summed E-state index contributed by atoms with van der Waals surface area (Å²) in [6.45, 7) is 2.91. The summed E-state index contributed by atoms with van der Waals surface area (Å²) < 4.78 is 14.0. The monoisotopic (exact) mass is 328 g/mol. The fourth-order valence-corrected chi connectivity index (χ4v) is 3.31. The van der Waals surface area contributed by atoms with Gasteiger partial charge in [-0.2, -0.15) is 0 Å². The van der Waals surface area contributed by atoms with Gasteiger partial charge in [0.15, 0.2) is 0 Å². The molecule has 5 heteroatoms. The topological polar surface area (TPSA) is 24.9 Å². The van der Waals surface area contributed by atoms with Crippen molar-refractivity contribution >= 4 is 27.3 Å². The molecule has 18 heavy (non-hydrogen) atoms. The molecule has 0 saturated carbocycles. The van der Waals surface area contributed by atoms with Crippen molar-refractivity contribution in [2.45, 2.75) is 19.4 Å². The molecule has 1 atom stereocenters. The molecule has 0 saturated heterocycles. The summed E-state index contributed by atoms with van der Waals surface area (Å²) >= 11 is 5.17. The Kier molecular flexibility index (Phi) is 4.86. The molecule has 0 spiro atoms. The number of halogens is 2. The maximum absolute atomic E-state index is 12.9. The lowest BCUT2D eigenvalue weighted by Crippen LogP contribution is -2.23. The quantitative estimate of drug-likeness (QED) is 0.899. The standard InChI is InChI=1S/C13H14BrFN2S/c1-2-16-12(7-10-4-6-13(14)18-10)11-5-3-9(15)8-17-11/h3-6,8,12,16H,2,7H2,1H3. The minimum Gasteiger partial charge on any atom is -0.309 e. The number of hydrogen-bond donors (Lipinski definition) is 1. The molecular weight excluding hydrogens is 315 g/mol. The van der Waals surface area contributed by atoms with Gasteiger partial charge in [-0.1, -0.05) is 6.92 Å². The number of aromatic nitrogens is 1. The molecule has 0 amide bonds. The van der Waals surface area contributed by atoms with Crippen LogP contribution < -0.4 is 5.32 Å². The van der Waals surface area contributed by atoms with Crippen LogP contribution in [-0.4, -0.2) is 11.5 Å². The van der Waals surface area contributed by atoms with E-state index in [1.807, 2.05) is 6.07 Å². The first-order chi connectivity index (χ1) is 8.69. The first-order valence-corrected chi connectivity index (χ1v) is 7.39. The van der Waals surface area contributed by atoms with Gasteiger partial charge >= 0.3 is 0 Å². The van der Waals surface area contributed by atoms with Gasteiger partial charge in [-0.25, -0.2) is 4.39 Å². The predicted molar refractivity (Wildman–Crippen MR) is 76.3 cm³/mol. The third-order valence-electron chi connectivity index (χ3n) is 2.59. The SMILES string of the molecule is CCNC(Cc1ccc(Br)s1)c1ccc(F)cn1. The van der Waals surface area contributed by atoms with Gasteiger partial charge in [0.1, 0.15) is 5.82 Å². The van der Waals surface area contributed by atoms with Crippen molar-refractivity contribution in [3.63, 3.8) is 0 Å².